The highest BCUT2D eigenvalue weighted by atomic mass is 32.2. The van der Waals surface area contributed by atoms with Gasteiger partial charge in [0.1, 0.15) is 5.75 Å². The second-order valence-corrected chi connectivity index (χ2v) is 8.83. The summed E-state index contributed by atoms with van der Waals surface area (Å²) >= 11 is 0. The van der Waals surface area contributed by atoms with Gasteiger partial charge in [-0.05, 0) is 48.0 Å². The maximum Gasteiger partial charge on any atom is 0.416 e. The number of hydrogen-bond acceptors (Lipinski definition) is 3. The van der Waals surface area contributed by atoms with Gasteiger partial charge in [0.2, 0.25) is 10.0 Å². The first-order valence-electron chi connectivity index (χ1n) is 9.20. The number of nitrogens with zero attached hydrogens (tertiary/aromatic N) is 2. The average Bonchev–Trinajstić information content (AvgIpc) is 3.21. The van der Waals surface area contributed by atoms with Crippen molar-refractivity contribution >= 4 is 10.0 Å². The SMILES string of the molecule is COc1ccc(C2c3cccn3CCN2S(=O)(=O)c2cccc(C(F)(F)F)c2)cc1. The Bertz CT molecular complexity index is 1150. The van der Waals surface area contributed by atoms with Crippen molar-refractivity contribution in [2.24, 2.45) is 0 Å². The van der Waals surface area contributed by atoms with Crippen LogP contribution in [0.4, 0.5) is 13.2 Å². The molecule has 0 amide bonds. The molecular formula is C21H19F3N2O3S. The van der Waals surface area contributed by atoms with Crippen LogP contribution >= 0.6 is 0 Å². The number of aromatic nitrogens is 1. The van der Waals surface area contributed by atoms with Crippen LogP contribution in [0.5, 0.6) is 5.75 Å². The number of halogens is 3. The molecule has 1 aliphatic rings. The molecule has 30 heavy (non-hydrogen) atoms. The Morgan fingerprint density at radius 2 is 1.73 bits per heavy atom. The third-order valence-corrected chi connectivity index (χ3v) is 7.05. The van der Waals surface area contributed by atoms with Gasteiger partial charge in [-0.15, -0.1) is 0 Å². The van der Waals surface area contributed by atoms with E-state index in [2.05, 4.69) is 0 Å². The van der Waals surface area contributed by atoms with Gasteiger partial charge in [-0.2, -0.15) is 17.5 Å². The lowest BCUT2D eigenvalue weighted by molar-refractivity contribution is -0.137. The molecule has 1 unspecified atom stereocenters. The monoisotopic (exact) mass is 436 g/mol. The molecule has 0 saturated heterocycles. The van der Waals surface area contributed by atoms with E-state index in [4.69, 9.17) is 4.74 Å². The Hall–Kier alpha value is -2.78. The molecular weight excluding hydrogens is 417 g/mol. The van der Waals surface area contributed by atoms with Crippen molar-refractivity contribution in [1.29, 1.82) is 0 Å². The first-order chi connectivity index (χ1) is 14.2. The van der Waals surface area contributed by atoms with E-state index in [0.29, 0.717) is 23.9 Å². The van der Waals surface area contributed by atoms with Crippen LogP contribution in [0.2, 0.25) is 0 Å². The molecule has 1 aromatic heterocycles. The number of ether oxygens (including phenoxy) is 1. The molecule has 9 heteroatoms. The molecule has 0 spiro atoms. The molecule has 0 radical (unpaired) electrons. The number of fused-ring (bicyclic) bond motifs is 1. The molecule has 2 heterocycles. The van der Waals surface area contributed by atoms with E-state index in [9.17, 15) is 21.6 Å². The average molecular weight is 436 g/mol. The molecule has 0 bridgehead atoms. The number of sulfonamides is 1. The van der Waals surface area contributed by atoms with Crippen LogP contribution in [-0.2, 0) is 22.7 Å². The third-order valence-electron chi connectivity index (χ3n) is 5.19. The van der Waals surface area contributed by atoms with Crippen molar-refractivity contribution in [1.82, 2.24) is 8.87 Å². The van der Waals surface area contributed by atoms with Gasteiger partial charge in [0.15, 0.2) is 0 Å². The number of alkyl halides is 3. The summed E-state index contributed by atoms with van der Waals surface area (Å²) in [5.41, 5.74) is 0.456. The van der Waals surface area contributed by atoms with Crippen LogP contribution in [0.15, 0.2) is 71.8 Å². The Kier molecular flexibility index (Phi) is 5.11. The lowest BCUT2D eigenvalue weighted by Crippen LogP contribution is -2.42. The smallest absolute Gasteiger partial charge is 0.416 e. The minimum absolute atomic E-state index is 0.136. The quantitative estimate of drug-likeness (QED) is 0.613. The van der Waals surface area contributed by atoms with Crippen molar-refractivity contribution in [2.75, 3.05) is 13.7 Å². The number of hydrogen-bond donors (Lipinski definition) is 0. The van der Waals surface area contributed by atoms with Gasteiger partial charge in [0, 0.05) is 25.0 Å². The van der Waals surface area contributed by atoms with Gasteiger partial charge in [0.25, 0.3) is 0 Å². The molecule has 158 valence electrons. The lowest BCUT2D eigenvalue weighted by atomic mass is 10.0. The van der Waals surface area contributed by atoms with Gasteiger partial charge < -0.3 is 9.30 Å². The maximum atomic E-state index is 13.4. The maximum absolute atomic E-state index is 13.4. The second-order valence-electron chi connectivity index (χ2n) is 6.94. The first kappa shape index (κ1) is 20.5. The van der Waals surface area contributed by atoms with Gasteiger partial charge in [-0.25, -0.2) is 8.42 Å². The molecule has 0 saturated carbocycles. The fourth-order valence-corrected chi connectivity index (χ4v) is 5.34. The summed E-state index contributed by atoms with van der Waals surface area (Å²) in [5, 5.41) is 0. The summed E-state index contributed by atoms with van der Waals surface area (Å²) in [6, 6.07) is 13.8. The van der Waals surface area contributed by atoms with Gasteiger partial charge in [-0.1, -0.05) is 18.2 Å². The normalized spacial score (nSPS) is 17.5. The van der Waals surface area contributed by atoms with Crippen LogP contribution in [0.25, 0.3) is 0 Å². The summed E-state index contributed by atoms with van der Waals surface area (Å²) in [5.74, 6) is 0.622. The van der Waals surface area contributed by atoms with E-state index < -0.39 is 27.8 Å². The molecule has 1 aliphatic heterocycles. The Balaban J connectivity index is 1.81. The molecule has 0 N–H and O–H groups in total. The highest BCUT2D eigenvalue weighted by Gasteiger charge is 2.39. The fraction of sp³-hybridized carbons (Fsp3) is 0.238. The van der Waals surface area contributed by atoms with Crippen molar-refractivity contribution in [3.63, 3.8) is 0 Å². The van der Waals surface area contributed by atoms with Crippen LogP contribution in [-0.4, -0.2) is 30.9 Å². The Morgan fingerprint density at radius 1 is 1.00 bits per heavy atom. The van der Waals surface area contributed by atoms with Crippen molar-refractivity contribution in [3.8, 4) is 5.75 Å². The summed E-state index contributed by atoms with van der Waals surface area (Å²) < 4.78 is 74.7. The highest BCUT2D eigenvalue weighted by molar-refractivity contribution is 7.89. The highest BCUT2D eigenvalue weighted by Crippen LogP contribution is 2.38. The number of benzene rings is 2. The van der Waals surface area contributed by atoms with E-state index in [-0.39, 0.29) is 11.4 Å². The van der Waals surface area contributed by atoms with Crippen molar-refractivity contribution < 1.29 is 26.3 Å². The summed E-state index contributed by atoms with van der Waals surface area (Å²) in [6.07, 6.45) is -2.77. The molecule has 0 fully saturated rings. The fourth-order valence-electron chi connectivity index (χ4n) is 3.71. The molecule has 0 aliphatic carbocycles. The van der Waals surface area contributed by atoms with Crippen molar-refractivity contribution in [3.05, 3.63) is 83.7 Å². The topological polar surface area (TPSA) is 51.5 Å². The molecule has 1 atom stereocenters. The van der Waals surface area contributed by atoms with E-state index in [0.717, 1.165) is 17.8 Å². The predicted molar refractivity (Wildman–Crippen MR) is 105 cm³/mol. The summed E-state index contributed by atoms with van der Waals surface area (Å²) in [7, 11) is -2.66. The molecule has 4 rings (SSSR count). The predicted octanol–water partition coefficient (Wildman–Crippen LogP) is 4.31. The first-order valence-corrected chi connectivity index (χ1v) is 10.6. The minimum atomic E-state index is -4.63. The molecule has 2 aromatic carbocycles. The molecule has 3 aromatic rings. The van der Waals surface area contributed by atoms with Gasteiger partial charge in [-0.3, -0.25) is 0 Å². The zero-order chi connectivity index (χ0) is 21.5. The van der Waals surface area contributed by atoms with Crippen LogP contribution in [0, 0.1) is 0 Å². The zero-order valence-electron chi connectivity index (χ0n) is 16.0. The van der Waals surface area contributed by atoms with E-state index in [1.807, 2.05) is 22.9 Å². The van der Waals surface area contributed by atoms with Gasteiger partial charge in [0.05, 0.1) is 23.6 Å². The van der Waals surface area contributed by atoms with E-state index >= 15 is 0 Å². The Labute approximate surface area is 172 Å². The largest absolute Gasteiger partial charge is 0.497 e. The zero-order valence-corrected chi connectivity index (χ0v) is 16.8. The Morgan fingerprint density at radius 3 is 2.40 bits per heavy atom. The van der Waals surface area contributed by atoms with Gasteiger partial charge >= 0.3 is 6.18 Å². The second kappa shape index (κ2) is 7.48. The number of methoxy groups -OCH3 is 1. The standard InChI is InChI=1S/C21H19F3N2O3S/c1-29-17-9-7-15(8-10-17)20-19-6-3-11-25(19)12-13-26(20)30(27,28)18-5-2-4-16(14-18)21(22,23)24/h2-11,14,20H,12-13H2,1H3. The lowest BCUT2D eigenvalue weighted by Gasteiger charge is -2.36. The van der Waals surface area contributed by atoms with Crippen LogP contribution in [0.3, 0.4) is 0 Å². The van der Waals surface area contributed by atoms with E-state index in [1.54, 1.807) is 24.3 Å². The van der Waals surface area contributed by atoms with Crippen LogP contribution < -0.4 is 4.74 Å². The summed E-state index contributed by atoms with van der Waals surface area (Å²) in [6.45, 7) is 0.546. The van der Waals surface area contributed by atoms with Crippen molar-refractivity contribution in [2.45, 2.75) is 23.7 Å². The van der Waals surface area contributed by atoms with E-state index in [1.165, 1.54) is 17.5 Å². The van der Waals surface area contributed by atoms with Crippen LogP contribution in [0.1, 0.15) is 22.9 Å². The molecule has 5 nitrogen and oxygen atoms in total. The minimum Gasteiger partial charge on any atom is -0.497 e. The number of rotatable bonds is 4. The summed E-state index contributed by atoms with van der Waals surface area (Å²) in [4.78, 5) is -0.379. The third kappa shape index (κ3) is 3.59.